The number of hydrogen-bond donors (Lipinski definition) is 3. The molecule has 2 rings (SSSR count). The van der Waals surface area contributed by atoms with Gasteiger partial charge in [-0.05, 0) is 44.5 Å². The van der Waals surface area contributed by atoms with E-state index in [9.17, 15) is 19.2 Å². The summed E-state index contributed by atoms with van der Waals surface area (Å²) in [4.78, 5) is 50.3. The number of rotatable bonds is 6. The van der Waals surface area contributed by atoms with Gasteiger partial charge in [0.2, 0.25) is 0 Å². The molecule has 0 spiro atoms. The van der Waals surface area contributed by atoms with Gasteiger partial charge in [-0.1, -0.05) is 6.07 Å². The van der Waals surface area contributed by atoms with Crippen molar-refractivity contribution in [2.24, 2.45) is 0 Å². The van der Waals surface area contributed by atoms with Gasteiger partial charge in [-0.25, -0.2) is 4.79 Å². The molecule has 2 amide bonds. The van der Waals surface area contributed by atoms with Gasteiger partial charge in [0.25, 0.3) is 11.8 Å². The standard InChI is InChI=1S/C19H21N3O5/c1-10-16(12(3)23)11(2)21-17(10)19(26)27-9-15(24)22-14-7-5-6-13(8-14)18(25)20-4/h5-8,21H,9H2,1-4H3,(H,20,25)(H,22,24). The number of ether oxygens (including phenoxy) is 1. The quantitative estimate of drug-likeness (QED) is 0.530. The van der Waals surface area contributed by atoms with Crippen LogP contribution in [0, 0.1) is 13.8 Å². The third kappa shape index (κ3) is 4.60. The Bertz CT molecular complexity index is 914. The summed E-state index contributed by atoms with van der Waals surface area (Å²) in [6, 6.07) is 6.36. The van der Waals surface area contributed by atoms with Crippen LogP contribution in [0.25, 0.3) is 0 Å². The SMILES string of the molecule is CNC(=O)c1cccc(NC(=O)COC(=O)c2[nH]c(C)c(C(C)=O)c2C)c1. The number of hydrogen-bond acceptors (Lipinski definition) is 5. The van der Waals surface area contributed by atoms with Crippen molar-refractivity contribution in [2.75, 3.05) is 19.0 Å². The number of carbonyl (C=O) groups is 4. The van der Waals surface area contributed by atoms with Crippen molar-refractivity contribution >= 4 is 29.3 Å². The third-order valence-corrected chi connectivity index (χ3v) is 3.96. The van der Waals surface area contributed by atoms with Crippen LogP contribution in [-0.4, -0.2) is 42.2 Å². The normalized spacial score (nSPS) is 10.2. The van der Waals surface area contributed by atoms with Gasteiger partial charge in [0.1, 0.15) is 5.69 Å². The number of ketones is 1. The molecule has 0 atom stereocenters. The molecule has 0 saturated heterocycles. The number of carbonyl (C=O) groups excluding carboxylic acids is 4. The van der Waals surface area contributed by atoms with Crippen LogP contribution in [0.15, 0.2) is 24.3 Å². The van der Waals surface area contributed by atoms with E-state index in [4.69, 9.17) is 4.74 Å². The lowest BCUT2D eigenvalue weighted by Crippen LogP contribution is -2.22. The second kappa shape index (κ2) is 8.31. The van der Waals surface area contributed by atoms with Gasteiger partial charge >= 0.3 is 5.97 Å². The summed E-state index contributed by atoms with van der Waals surface area (Å²) in [7, 11) is 1.51. The van der Waals surface area contributed by atoms with E-state index >= 15 is 0 Å². The Kier molecular flexibility index (Phi) is 6.12. The first-order chi connectivity index (χ1) is 12.7. The van der Waals surface area contributed by atoms with Gasteiger partial charge in [-0.2, -0.15) is 0 Å². The van der Waals surface area contributed by atoms with Gasteiger partial charge in [0.15, 0.2) is 12.4 Å². The molecule has 27 heavy (non-hydrogen) atoms. The molecule has 0 radical (unpaired) electrons. The number of aromatic nitrogens is 1. The van der Waals surface area contributed by atoms with Crippen LogP contribution in [0.4, 0.5) is 5.69 Å². The summed E-state index contributed by atoms with van der Waals surface area (Å²) in [6.07, 6.45) is 0. The maximum atomic E-state index is 12.2. The number of amides is 2. The summed E-state index contributed by atoms with van der Waals surface area (Å²) in [5.74, 6) is -1.71. The van der Waals surface area contributed by atoms with Gasteiger partial charge in [-0.3, -0.25) is 14.4 Å². The molecule has 3 N–H and O–H groups in total. The maximum absolute atomic E-state index is 12.2. The number of nitrogens with one attached hydrogen (secondary N) is 3. The third-order valence-electron chi connectivity index (χ3n) is 3.96. The zero-order valence-corrected chi connectivity index (χ0v) is 15.6. The molecule has 0 bridgehead atoms. The van der Waals surface area contributed by atoms with Gasteiger partial charge < -0.3 is 20.4 Å². The molecule has 0 aliphatic heterocycles. The molecule has 0 fully saturated rings. The first-order valence-corrected chi connectivity index (χ1v) is 8.23. The molecule has 0 aliphatic rings. The fourth-order valence-corrected chi connectivity index (χ4v) is 2.77. The Morgan fingerprint density at radius 3 is 2.44 bits per heavy atom. The van der Waals surface area contributed by atoms with Crippen molar-refractivity contribution in [1.29, 1.82) is 0 Å². The number of esters is 1. The van der Waals surface area contributed by atoms with Crippen LogP contribution in [0.3, 0.4) is 0 Å². The van der Waals surface area contributed by atoms with E-state index in [0.717, 1.165) is 0 Å². The van der Waals surface area contributed by atoms with Crippen LogP contribution >= 0.6 is 0 Å². The second-order valence-corrected chi connectivity index (χ2v) is 5.97. The molecular formula is C19H21N3O5. The number of Topliss-reactive ketones (excluding diaryl/α,β-unsaturated/α-hetero) is 1. The van der Waals surface area contributed by atoms with Crippen molar-refractivity contribution < 1.29 is 23.9 Å². The van der Waals surface area contributed by atoms with E-state index in [1.54, 1.807) is 32.0 Å². The van der Waals surface area contributed by atoms with Gasteiger partial charge in [-0.15, -0.1) is 0 Å². The molecule has 1 aromatic carbocycles. The van der Waals surface area contributed by atoms with Crippen molar-refractivity contribution in [3.05, 3.63) is 52.3 Å². The average molecular weight is 371 g/mol. The number of aryl methyl sites for hydroxylation is 1. The number of H-pyrrole nitrogens is 1. The molecule has 2 aromatic rings. The topological polar surface area (TPSA) is 117 Å². The molecule has 1 aromatic heterocycles. The minimum Gasteiger partial charge on any atom is -0.451 e. The van der Waals surface area contributed by atoms with Crippen molar-refractivity contribution in [3.63, 3.8) is 0 Å². The highest BCUT2D eigenvalue weighted by atomic mass is 16.5. The van der Waals surface area contributed by atoms with Gasteiger partial charge in [0.05, 0.1) is 0 Å². The van der Waals surface area contributed by atoms with E-state index < -0.39 is 18.5 Å². The predicted molar refractivity (Wildman–Crippen MR) is 99.0 cm³/mol. The first kappa shape index (κ1) is 19.9. The summed E-state index contributed by atoms with van der Waals surface area (Å²) >= 11 is 0. The van der Waals surface area contributed by atoms with Crippen molar-refractivity contribution in [1.82, 2.24) is 10.3 Å². The largest absolute Gasteiger partial charge is 0.451 e. The van der Waals surface area contributed by atoms with Crippen LogP contribution in [0.1, 0.15) is 49.4 Å². The lowest BCUT2D eigenvalue weighted by molar-refractivity contribution is -0.119. The molecule has 8 nitrogen and oxygen atoms in total. The highest BCUT2D eigenvalue weighted by Crippen LogP contribution is 2.19. The fraction of sp³-hybridized carbons (Fsp3) is 0.263. The Morgan fingerprint density at radius 1 is 1.15 bits per heavy atom. The molecule has 1 heterocycles. The zero-order valence-electron chi connectivity index (χ0n) is 15.6. The summed E-state index contributed by atoms with van der Waals surface area (Å²) < 4.78 is 5.02. The molecule has 0 aliphatic carbocycles. The average Bonchev–Trinajstić information content (AvgIpc) is 2.93. The van der Waals surface area contributed by atoms with E-state index in [1.807, 2.05) is 0 Å². The smallest absolute Gasteiger partial charge is 0.355 e. The minimum absolute atomic E-state index is 0.145. The lowest BCUT2D eigenvalue weighted by atomic mass is 10.1. The Hall–Kier alpha value is -3.42. The molecule has 142 valence electrons. The Balaban J connectivity index is 2.00. The monoisotopic (exact) mass is 371 g/mol. The molecule has 0 unspecified atom stereocenters. The predicted octanol–water partition coefficient (Wildman–Crippen LogP) is 1.99. The highest BCUT2D eigenvalue weighted by Gasteiger charge is 2.21. The van der Waals surface area contributed by atoms with E-state index in [-0.39, 0.29) is 17.4 Å². The highest BCUT2D eigenvalue weighted by molar-refractivity contribution is 6.02. The van der Waals surface area contributed by atoms with Crippen molar-refractivity contribution in [2.45, 2.75) is 20.8 Å². The first-order valence-electron chi connectivity index (χ1n) is 8.23. The van der Waals surface area contributed by atoms with E-state index in [2.05, 4.69) is 15.6 Å². The van der Waals surface area contributed by atoms with Crippen LogP contribution in [0.5, 0.6) is 0 Å². The summed E-state index contributed by atoms with van der Waals surface area (Å²) in [5, 5.41) is 5.05. The van der Waals surface area contributed by atoms with E-state index in [0.29, 0.717) is 28.1 Å². The van der Waals surface area contributed by atoms with E-state index in [1.165, 1.54) is 20.0 Å². The second-order valence-electron chi connectivity index (χ2n) is 5.97. The van der Waals surface area contributed by atoms with Crippen molar-refractivity contribution in [3.8, 4) is 0 Å². The zero-order chi connectivity index (χ0) is 20.1. The fourth-order valence-electron chi connectivity index (χ4n) is 2.77. The van der Waals surface area contributed by atoms with Crippen LogP contribution in [0.2, 0.25) is 0 Å². The number of aromatic amines is 1. The Morgan fingerprint density at radius 2 is 1.85 bits per heavy atom. The maximum Gasteiger partial charge on any atom is 0.355 e. The minimum atomic E-state index is -0.725. The van der Waals surface area contributed by atoms with Gasteiger partial charge in [0, 0.05) is 29.6 Å². The molecular weight excluding hydrogens is 350 g/mol. The van der Waals surface area contributed by atoms with Crippen LogP contribution < -0.4 is 10.6 Å². The molecule has 8 heteroatoms. The molecule has 0 saturated carbocycles. The summed E-state index contributed by atoms with van der Waals surface area (Å²) in [6.45, 7) is 4.24. The summed E-state index contributed by atoms with van der Waals surface area (Å²) in [5.41, 5.74) is 2.44. The number of anilines is 1. The van der Waals surface area contributed by atoms with Crippen LogP contribution in [-0.2, 0) is 9.53 Å². The number of benzene rings is 1. The Labute approximate surface area is 156 Å². The lowest BCUT2D eigenvalue weighted by Gasteiger charge is -2.08.